The fourth-order valence-electron chi connectivity index (χ4n) is 6.04. The lowest BCUT2D eigenvalue weighted by molar-refractivity contribution is -0.438. The molecule has 42 heavy (non-hydrogen) atoms. The van der Waals surface area contributed by atoms with Crippen LogP contribution in [0.1, 0.15) is 78.4 Å². The molecule has 0 saturated heterocycles. The number of hydrogen-bond donors (Lipinski definition) is 2. The summed E-state index contributed by atoms with van der Waals surface area (Å²) in [5, 5.41) is 0. The molecule has 0 unspecified atom stereocenters. The van der Waals surface area contributed by atoms with E-state index in [1.165, 1.54) is 0 Å². The fraction of sp³-hybridized carbons (Fsp3) is 0.424. The number of anilines is 1. The summed E-state index contributed by atoms with van der Waals surface area (Å²) < 4.78 is 50.2. The van der Waals surface area contributed by atoms with E-state index in [1.807, 2.05) is 24.3 Å². The minimum Gasteiger partial charge on any atom is -0.344 e. The van der Waals surface area contributed by atoms with Gasteiger partial charge in [0.05, 0.1) is 15.2 Å². The normalized spacial score (nSPS) is 18.6. The molecule has 4 rings (SSSR count). The number of unbranched alkanes of at least 4 members (excludes halogenated alkanes) is 2. The molecule has 0 N–H and O–H groups in total. The number of benzene rings is 2. The lowest BCUT2D eigenvalue weighted by Gasteiger charge is -2.27. The third-order valence-electron chi connectivity index (χ3n) is 8.44. The Hall–Kier alpha value is -2.49. The van der Waals surface area contributed by atoms with Crippen LogP contribution in [0.15, 0.2) is 80.7 Å². The first kappa shape index (κ1) is 32.4. The molecular formula is C33H42BrN2O4S2+. The quantitative estimate of drug-likeness (QED) is 0.151. The molecule has 0 atom stereocenters. The van der Waals surface area contributed by atoms with E-state index in [2.05, 4.69) is 91.3 Å². The predicted octanol–water partition coefficient (Wildman–Crippen LogP) is 7.12. The van der Waals surface area contributed by atoms with Crippen molar-refractivity contribution in [3.63, 3.8) is 0 Å². The van der Waals surface area contributed by atoms with Gasteiger partial charge in [-0.1, -0.05) is 56.5 Å². The molecule has 0 fully saturated rings. The molecule has 0 saturated carbocycles. The predicted molar refractivity (Wildman–Crippen MR) is 177 cm³/mol. The van der Waals surface area contributed by atoms with E-state index < -0.39 is 21.4 Å². The standard InChI is InChI=1S/C33H42BrN2O4S2/c1-7-9-19-35-28-15-13-24(41(37)38)21-26(28)32(3,4)30(35)17-11-23(34)12-18-31-33(5,6)27-22-25(42(39)40)14-16-29(27)36(31)20-10-8-2/h11-18,21-22,41-42H,7-10,19-20H2,1-6H3/q+1. The summed E-state index contributed by atoms with van der Waals surface area (Å²) in [6.07, 6.45) is 12.5. The number of allylic oxidation sites excluding steroid dienone is 6. The highest BCUT2D eigenvalue weighted by atomic mass is 79.9. The molecule has 2 heterocycles. The van der Waals surface area contributed by atoms with Crippen LogP contribution < -0.4 is 4.90 Å². The summed E-state index contributed by atoms with van der Waals surface area (Å²) in [4.78, 5) is 3.00. The molecule has 0 aliphatic carbocycles. The van der Waals surface area contributed by atoms with Gasteiger partial charge in [0.1, 0.15) is 6.54 Å². The first-order valence-electron chi connectivity index (χ1n) is 14.6. The van der Waals surface area contributed by atoms with Crippen LogP contribution in [-0.2, 0) is 32.2 Å². The van der Waals surface area contributed by atoms with Crippen LogP contribution in [0, 0.1) is 0 Å². The Bertz CT molecular complexity index is 1640. The van der Waals surface area contributed by atoms with Crippen molar-refractivity contribution in [2.24, 2.45) is 0 Å². The first-order valence-corrected chi connectivity index (χ1v) is 17.8. The van der Waals surface area contributed by atoms with Gasteiger partial charge in [-0.05, 0) is 74.4 Å². The molecular weight excluding hydrogens is 632 g/mol. The number of halogens is 1. The highest BCUT2D eigenvalue weighted by Gasteiger charge is 2.44. The summed E-state index contributed by atoms with van der Waals surface area (Å²) in [6.45, 7) is 14.6. The van der Waals surface area contributed by atoms with Gasteiger partial charge in [0, 0.05) is 52.0 Å². The molecule has 2 aliphatic rings. The van der Waals surface area contributed by atoms with Crippen LogP contribution in [0.5, 0.6) is 0 Å². The van der Waals surface area contributed by atoms with E-state index in [1.54, 1.807) is 12.1 Å². The zero-order chi connectivity index (χ0) is 30.8. The molecule has 0 aromatic heterocycles. The van der Waals surface area contributed by atoms with Crippen molar-refractivity contribution in [2.45, 2.75) is 87.8 Å². The van der Waals surface area contributed by atoms with Crippen LogP contribution in [0.3, 0.4) is 0 Å². The van der Waals surface area contributed by atoms with Crippen molar-refractivity contribution < 1.29 is 21.4 Å². The lowest BCUT2D eigenvalue weighted by atomic mass is 9.81. The molecule has 226 valence electrons. The molecule has 0 bridgehead atoms. The maximum absolute atomic E-state index is 11.7. The molecule has 6 nitrogen and oxygen atoms in total. The van der Waals surface area contributed by atoms with Gasteiger partial charge in [-0.2, -0.15) is 4.58 Å². The SMILES string of the molecule is CCCCN1/C(=C/C=C(Br)/C=C/C2=[N+](CCCC)c3ccc([SH](=O)=O)cc3C2(C)C)C(C)(C)c2cc([SH](=O)=O)ccc21. The topological polar surface area (TPSA) is 74.5 Å². The van der Waals surface area contributed by atoms with Gasteiger partial charge in [0.25, 0.3) is 0 Å². The maximum Gasteiger partial charge on any atom is 0.209 e. The molecule has 0 radical (unpaired) electrons. The number of hydrogen-bond acceptors (Lipinski definition) is 5. The molecule has 0 amide bonds. The number of fused-ring (bicyclic) bond motifs is 2. The van der Waals surface area contributed by atoms with E-state index in [4.69, 9.17) is 0 Å². The first-order chi connectivity index (χ1) is 19.8. The molecule has 2 aromatic rings. The third kappa shape index (κ3) is 6.24. The van der Waals surface area contributed by atoms with Crippen molar-refractivity contribution in [3.8, 4) is 0 Å². The van der Waals surface area contributed by atoms with E-state index in [0.29, 0.717) is 9.79 Å². The van der Waals surface area contributed by atoms with Gasteiger partial charge < -0.3 is 4.90 Å². The summed E-state index contributed by atoms with van der Waals surface area (Å²) in [6, 6.07) is 10.9. The molecule has 2 aliphatic heterocycles. The zero-order valence-electron chi connectivity index (χ0n) is 25.3. The summed E-state index contributed by atoms with van der Waals surface area (Å²) in [7, 11) is -5.30. The fourth-order valence-corrected chi connectivity index (χ4v) is 7.17. The van der Waals surface area contributed by atoms with E-state index >= 15 is 0 Å². The second-order valence-electron chi connectivity index (χ2n) is 12.0. The van der Waals surface area contributed by atoms with E-state index in [0.717, 1.165) is 77.2 Å². The molecule has 2 aromatic carbocycles. The van der Waals surface area contributed by atoms with Gasteiger partial charge in [-0.25, -0.2) is 16.8 Å². The van der Waals surface area contributed by atoms with Gasteiger partial charge in [0.2, 0.25) is 5.69 Å². The average molecular weight is 675 g/mol. The van der Waals surface area contributed by atoms with Gasteiger partial charge in [-0.3, -0.25) is 0 Å². The Kier molecular flexibility index (Phi) is 10.1. The van der Waals surface area contributed by atoms with Gasteiger partial charge in [0.15, 0.2) is 27.1 Å². The highest BCUT2D eigenvalue weighted by Crippen LogP contribution is 2.48. The molecule has 9 heteroatoms. The molecule has 0 spiro atoms. The van der Waals surface area contributed by atoms with Crippen molar-refractivity contribution >= 4 is 54.4 Å². The van der Waals surface area contributed by atoms with Crippen LogP contribution in [-0.4, -0.2) is 40.2 Å². The zero-order valence-corrected chi connectivity index (χ0v) is 28.7. The minimum absolute atomic E-state index is 0.340. The summed E-state index contributed by atoms with van der Waals surface area (Å²) in [5.41, 5.74) is 5.69. The van der Waals surface area contributed by atoms with Gasteiger partial charge >= 0.3 is 0 Å². The van der Waals surface area contributed by atoms with Crippen LogP contribution in [0.4, 0.5) is 11.4 Å². The number of nitrogens with zero attached hydrogens (tertiary/aromatic N) is 2. The van der Waals surface area contributed by atoms with Crippen LogP contribution >= 0.6 is 15.9 Å². The second kappa shape index (κ2) is 13.0. The largest absolute Gasteiger partial charge is 0.344 e. The Labute approximate surface area is 262 Å². The van der Waals surface area contributed by atoms with Crippen molar-refractivity contribution in [1.29, 1.82) is 0 Å². The highest BCUT2D eigenvalue weighted by molar-refractivity contribution is 9.11. The van der Waals surface area contributed by atoms with Crippen LogP contribution in [0.2, 0.25) is 0 Å². The maximum atomic E-state index is 11.7. The summed E-state index contributed by atoms with van der Waals surface area (Å²) in [5.74, 6) is 0. The number of thiol groups is 2. The van der Waals surface area contributed by atoms with Crippen molar-refractivity contribution in [2.75, 3.05) is 18.0 Å². The number of rotatable bonds is 11. The summed E-state index contributed by atoms with van der Waals surface area (Å²) >= 11 is 3.76. The Morgan fingerprint density at radius 3 is 2.12 bits per heavy atom. The Morgan fingerprint density at radius 1 is 0.881 bits per heavy atom. The van der Waals surface area contributed by atoms with E-state index in [-0.39, 0.29) is 10.8 Å². The van der Waals surface area contributed by atoms with E-state index in [9.17, 15) is 16.8 Å². The minimum atomic E-state index is -2.65. The average Bonchev–Trinajstić information content (AvgIpc) is 3.29. The Balaban J connectivity index is 1.72. The smallest absolute Gasteiger partial charge is 0.209 e. The Morgan fingerprint density at radius 2 is 1.50 bits per heavy atom. The van der Waals surface area contributed by atoms with Gasteiger partial charge in [-0.15, -0.1) is 0 Å². The lowest BCUT2D eigenvalue weighted by Crippen LogP contribution is -2.28. The van der Waals surface area contributed by atoms with Crippen LogP contribution in [0.25, 0.3) is 0 Å². The van der Waals surface area contributed by atoms with Crippen molar-refractivity contribution in [1.82, 2.24) is 0 Å². The third-order valence-corrected chi connectivity index (χ3v) is 10.4. The monoisotopic (exact) mass is 673 g/mol. The second-order valence-corrected chi connectivity index (χ2v) is 15.0. The van der Waals surface area contributed by atoms with Crippen molar-refractivity contribution in [3.05, 3.63) is 82.0 Å².